The minimum Gasteiger partial charge on any atom is -0.350 e. The second-order valence-electron chi connectivity index (χ2n) is 8.78. The highest BCUT2D eigenvalue weighted by atomic mass is 79.9. The molecule has 2 heterocycles. The third kappa shape index (κ3) is 5.66. The summed E-state index contributed by atoms with van der Waals surface area (Å²) in [7, 11) is -3.98. The van der Waals surface area contributed by atoms with Crippen molar-refractivity contribution in [2.45, 2.75) is 29.8 Å². The third-order valence-electron chi connectivity index (χ3n) is 6.45. The molecule has 2 amide bonds. The van der Waals surface area contributed by atoms with Crippen molar-refractivity contribution in [1.82, 2.24) is 14.5 Å². The maximum absolute atomic E-state index is 15.4. The lowest BCUT2D eigenvalue weighted by molar-refractivity contribution is -0.135. The summed E-state index contributed by atoms with van der Waals surface area (Å²) in [5.74, 6) is -0.936. The number of benzene rings is 2. The van der Waals surface area contributed by atoms with E-state index in [2.05, 4.69) is 21.2 Å². The van der Waals surface area contributed by atoms with Crippen LogP contribution in [-0.2, 0) is 19.6 Å². The molecule has 11 heteroatoms. The zero-order valence-corrected chi connectivity index (χ0v) is 22.6. The molecule has 2 aromatic carbocycles. The largest absolute Gasteiger partial charge is 0.350 e. The standard InChI is InChI=1S/C25H26BrClFN3O4S/c26-18-8-9-22(20(17-18)19-5-1-2-6-21(19)27)36(34,35)31-15-10-25(28,11-16-31)24(33)29-12-3-7-23(32)30-13-4-14-30/h1-3,5-9,17H,4,10-16H2,(H,29,33)/b7-3-. The Morgan fingerprint density at radius 2 is 1.78 bits per heavy atom. The normalized spacial score (nSPS) is 18.1. The lowest BCUT2D eigenvalue weighted by Gasteiger charge is -2.35. The quantitative estimate of drug-likeness (QED) is 0.485. The van der Waals surface area contributed by atoms with Crippen molar-refractivity contribution in [3.63, 3.8) is 0 Å². The van der Waals surface area contributed by atoms with Crippen molar-refractivity contribution in [3.05, 3.63) is 64.1 Å². The van der Waals surface area contributed by atoms with Gasteiger partial charge in [-0.15, -0.1) is 0 Å². The number of nitrogens with zero attached hydrogens (tertiary/aromatic N) is 2. The molecule has 0 unspecified atom stereocenters. The van der Waals surface area contributed by atoms with Crippen LogP contribution in [0.2, 0.25) is 5.02 Å². The second kappa shape index (κ2) is 11.0. The molecular formula is C25H26BrClFN3O4S. The molecule has 0 aromatic heterocycles. The molecule has 36 heavy (non-hydrogen) atoms. The zero-order valence-electron chi connectivity index (χ0n) is 19.4. The predicted molar refractivity (Wildman–Crippen MR) is 140 cm³/mol. The van der Waals surface area contributed by atoms with Crippen molar-refractivity contribution in [2.75, 3.05) is 32.7 Å². The Balaban J connectivity index is 1.42. The topological polar surface area (TPSA) is 86.8 Å². The molecule has 1 N–H and O–H groups in total. The third-order valence-corrected chi connectivity index (χ3v) is 9.23. The highest BCUT2D eigenvalue weighted by molar-refractivity contribution is 9.10. The van der Waals surface area contributed by atoms with Crippen LogP contribution in [0.15, 0.2) is 64.0 Å². The lowest BCUT2D eigenvalue weighted by atomic mass is 9.93. The van der Waals surface area contributed by atoms with E-state index in [1.807, 2.05) is 0 Å². The Morgan fingerprint density at radius 3 is 2.42 bits per heavy atom. The molecule has 2 aliphatic heterocycles. The number of likely N-dealkylation sites (tertiary alicyclic amines) is 1. The van der Waals surface area contributed by atoms with Crippen molar-refractivity contribution in [3.8, 4) is 11.1 Å². The van der Waals surface area contributed by atoms with Gasteiger partial charge >= 0.3 is 0 Å². The summed E-state index contributed by atoms with van der Waals surface area (Å²) in [6, 6.07) is 11.8. The SMILES string of the molecule is O=C(/C=C\CNC(=O)C1(F)CCN(S(=O)(=O)c2ccc(Br)cc2-c2ccccc2Cl)CC1)N1CCC1. The fraction of sp³-hybridized carbons (Fsp3) is 0.360. The number of nitrogens with one attached hydrogen (secondary N) is 1. The second-order valence-corrected chi connectivity index (χ2v) is 12.0. The Morgan fingerprint density at radius 1 is 1.08 bits per heavy atom. The molecule has 2 fully saturated rings. The summed E-state index contributed by atoms with van der Waals surface area (Å²) >= 11 is 9.73. The van der Waals surface area contributed by atoms with E-state index in [-0.39, 0.29) is 43.3 Å². The van der Waals surface area contributed by atoms with Crippen LogP contribution >= 0.6 is 27.5 Å². The first-order valence-electron chi connectivity index (χ1n) is 11.6. The van der Waals surface area contributed by atoms with Gasteiger partial charge in [0.2, 0.25) is 15.9 Å². The Kier molecular flexibility index (Phi) is 8.18. The maximum atomic E-state index is 15.4. The maximum Gasteiger partial charge on any atom is 0.258 e. The number of hydrogen-bond acceptors (Lipinski definition) is 4. The minimum atomic E-state index is -3.98. The number of amides is 2. The number of piperidine rings is 1. The van der Waals surface area contributed by atoms with Crippen LogP contribution < -0.4 is 5.32 Å². The average molecular weight is 599 g/mol. The fourth-order valence-corrected chi connectivity index (χ4v) is 6.40. The number of carbonyl (C=O) groups excluding carboxylic acids is 2. The van der Waals surface area contributed by atoms with E-state index in [1.54, 1.807) is 41.3 Å². The van der Waals surface area contributed by atoms with Crippen molar-refractivity contribution < 1.29 is 22.4 Å². The molecule has 0 saturated carbocycles. The first-order chi connectivity index (χ1) is 17.1. The molecular weight excluding hydrogens is 573 g/mol. The first kappa shape index (κ1) is 26.8. The molecule has 2 saturated heterocycles. The molecule has 0 spiro atoms. The van der Waals surface area contributed by atoms with Crippen LogP contribution in [0, 0.1) is 0 Å². The van der Waals surface area contributed by atoms with Gasteiger partial charge in [0.1, 0.15) is 0 Å². The van der Waals surface area contributed by atoms with Gasteiger partial charge in [0.25, 0.3) is 5.91 Å². The van der Waals surface area contributed by atoms with E-state index in [0.29, 0.717) is 20.6 Å². The number of alkyl halides is 1. The summed E-state index contributed by atoms with van der Waals surface area (Å²) in [4.78, 5) is 26.1. The van der Waals surface area contributed by atoms with E-state index < -0.39 is 21.6 Å². The van der Waals surface area contributed by atoms with Crippen molar-refractivity contribution in [2.24, 2.45) is 0 Å². The Hall–Kier alpha value is -2.27. The van der Waals surface area contributed by atoms with E-state index in [4.69, 9.17) is 11.6 Å². The molecule has 2 aromatic rings. The van der Waals surface area contributed by atoms with Gasteiger partial charge in [-0.3, -0.25) is 9.59 Å². The lowest BCUT2D eigenvalue weighted by Crippen LogP contribution is -2.52. The Bertz CT molecular complexity index is 1290. The highest BCUT2D eigenvalue weighted by Gasteiger charge is 2.44. The number of hydrogen-bond donors (Lipinski definition) is 1. The van der Waals surface area contributed by atoms with Crippen LogP contribution in [0.25, 0.3) is 11.1 Å². The van der Waals surface area contributed by atoms with Gasteiger partial charge in [-0.1, -0.05) is 51.8 Å². The van der Waals surface area contributed by atoms with Crippen molar-refractivity contribution >= 4 is 49.4 Å². The van der Waals surface area contributed by atoms with Crippen LogP contribution in [0.1, 0.15) is 19.3 Å². The fourth-order valence-electron chi connectivity index (χ4n) is 4.18. The summed E-state index contributed by atoms with van der Waals surface area (Å²) in [6.45, 7) is 1.18. The highest BCUT2D eigenvalue weighted by Crippen LogP contribution is 2.37. The summed E-state index contributed by atoms with van der Waals surface area (Å²) < 4.78 is 44.4. The molecule has 192 valence electrons. The number of rotatable bonds is 7. The van der Waals surface area contributed by atoms with Crippen LogP contribution in [-0.4, -0.2) is 67.8 Å². The smallest absolute Gasteiger partial charge is 0.258 e. The van der Waals surface area contributed by atoms with Gasteiger partial charge in [0, 0.05) is 72.3 Å². The van der Waals surface area contributed by atoms with Crippen LogP contribution in [0.3, 0.4) is 0 Å². The molecule has 4 rings (SSSR count). The van der Waals surface area contributed by atoms with E-state index >= 15 is 4.39 Å². The molecule has 7 nitrogen and oxygen atoms in total. The molecule has 0 bridgehead atoms. The van der Waals surface area contributed by atoms with Crippen LogP contribution in [0.5, 0.6) is 0 Å². The number of halogens is 3. The van der Waals surface area contributed by atoms with Gasteiger partial charge in [-0.2, -0.15) is 4.31 Å². The summed E-state index contributed by atoms with van der Waals surface area (Å²) in [5.41, 5.74) is -1.19. The van der Waals surface area contributed by atoms with E-state index in [0.717, 1.165) is 19.5 Å². The van der Waals surface area contributed by atoms with Crippen molar-refractivity contribution in [1.29, 1.82) is 0 Å². The molecule has 0 radical (unpaired) electrons. The minimum absolute atomic E-state index is 0.0200. The van der Waals surface area contributed by atoms with Gasteiger partial charge < -0.3 is 10.2 Å². The van der Waals surface area contributed by atoms with Gasteiger partial charge in [0.15, 0.2) is 5.67 Å². The van der Waals surface area contributed by atoms with Crippen LogP contribution in [0.4, 0.5) is 4.39 Å². The number of carbonyl (C=O) groups is 2. The van der Waals surface area contributed by atoms with Gasteiger partial charge in [-0.05, 0) is 30.7 Å². The molecule has 0 atom stereocenters. The Labute approximate surface area is 223 Å². The summed E-state index contributed by atoms with van der Waals surface area (Å²) in [6.07, 6.45) is 3.30. The van der Waals surface area contributed by atoms with Gasteiger partial charge in [0.05, 0.1) is 4.90 Å². The first-order valence-corrected chi connectivity index (χ1v) is 14.2. The predicted octanol–water partition coefficient (Wildman–Crippen LogP) is 4.17. The van der Waals surface area contributed by atoms with E-state index in [9.17, 15) is 18.0 Å². The molecule has 2 aliphatic rings. The zero-order chi connectivity index (χ0) is 25.9. The number of sulfonamides is 1. The summed E-state index contributed by atoms with van der Waals surface area (Å²) in [5, 5.41) is 2.90. The average Bonchev–Trinajstić information content (AvgIpc) is 2.81. The van der Waals surface area contributed by atoms with Gasteiger partial charge in [-0.25, -0.2) is 12.8 Å². The molecule has 0 aliphatic carbocycles. The monoisotopic (exact) mass is 597 g/mol. The van der Waals surface area contributed by atoms with E-state index in [1.165, 1.54) is 22.5 Å².